The van der Waals surface area contributed by atoms with Gasteiger partial charge in [0.25, 0.3) is 0 Å². The molecule has 0 N–H and O–H groups in total. The summed E-state index contributed by atoms with van der Waals surface area (Å²) in [6.07, 6.45) is 3.48. The second-order valence-electron chi connectivity index (χ2n) is 5.54. The lowest BCUT2D eigenvalue weighted by Crippen LogP contribution is -2.37. The summed E-state index contributed by atoms with van der Waals surface area (Å²) in [7, 11) is 0. The number of nitrogens with zero attached hydrogens (tertiary/aromatic N) is 1. The number of nitriles is 1. The average molecular weight is 291 g/mol. The summed E-state index contributed by atoms with van der Waals surface area (Å²) in [6, 6.07) is 6.39. The molecule has 21 heavy (non-hydrogen) atoms. The third-order valence-electron chi connectivity index (χ3n) is 4.16. The molecule has 0 amide bonds. The first-order valence-electron chi connectivity index (χ1n) is 7.29. The van der Waals surface area contributed by atoms with E-state index in [2.05, 4.69) is 0 Å². The van der Waals surface area contributed by atoms with E-state index in [0.717, 1.165) is 25.7 Å². The van der Waals surface area contributed by atoms with Gasteiger partial charge in [-0.3, -0.25) is 0 Å². The molecule has 5 heteroatoms. The van der Waals surface area contributed by atoms with Crippen LogP contribution in [0.4, 0.5) is 4.39 Å². The van der Waals surface area contributed by atoms with Gasteiger partial charge < -0.3 is 14.2 Å². The van der Waals surface area contributed by atoms with Gasteiger partial charge in [0.15, 0.2) is 5.79 Å². The van der Waals surface area contributed by atoms with Crippen LogP contribution < -0.4 is 0 Å². The van der Waals surface area contributed by atoms with E-state index in [4.69, 9.17) is 19.5 Å². The molecule has 112 valence electrons. The summed E-state index contributed by atoms with van der Waals surface area (Å²) < 4.78 is 30.9. The summed E-state index contributed by atoms with van der Waals surface area (Å²) in [5.74, 6) is -0.775. The fourth-order valence-electron chi connectivity index (χ4n) is 2.93. The zero-order valence-corrected chi connectivity index (χ0v) is 11.8. The van der Waals surface area contributed by atoms with Crippen molar-refractivity contribution in [2.75, 3.05) is 13.2 Å². The van der Waals surface area contributed by atoms with Crippen molar-refractivity contribution in [3.63, 3.8) is 0 Å². The third kappa shape index (κ3) is 3.24. The van der Waals surface area contributed by atoms with Gasteiger partial charge in [0.05, 0.1) is 37.6 Å². The maximum atomic E-state index is 13.8. The smallest absolute Gasteiger partial charge is 0.168 e. The molecule has 1 aliphatic carbocycles. The van der Waals surface area contributed by atoms with Crippen molar-refractivity contribution < 1.29 is 18.6 Å². The fourth-order valence-corrected chi connectivity index (χ4v) is 2.93. The molecular weight excluding hydrogens is 273 g/mol. The summed E-state index contributed by atoms with van der Waals surface area (Å²) in [5.41, 5.74) is 0.814. The number of benzene rings is 1. The van der Waals surface area contributed by atoms with Crippen LogP contribution in [0.25, 0.3) is 0 Å². The van der Waals surface area contributed by atoms with Crippen LogP contribution in [0.15, 0.2) is 18.2 Å². The molecule has 1 saturated carbocycles. The number of rotatable bonds is 3. The molecule has 0 bridgehead atoms. The SMILES string of the molecule is N#Cc1ccc(COC2CCC3(CC2)OCCO3)c(F)c1. The molecule has 1 aliphatic heterocycles. The highest BCUT2D eigenvalue weighted by Gasteiger charge is 2.40. The van der Waals surface area contributed by atoms with Crippen molar-refractivity contribution in [3.8, 4) is 6.07 Å². The molecule has 0 aromatic heterocycles. The molecule has 1 saturated heterocycles. The molecule has 2 fully saturated rings. The first kappa shape index (κ1) is 14.5. The molecule has 1 aromatic rings. The quantitative estimate of drug-likeness (QED) is 0.859. The molecule has 0 atom stereocenters. The lowest BCUT2D eigenvalue weighted by atomic mass is 9.92. The Balaban J connectivity index is 1.51. The Morgan fingerprint density at radius 3 is 2.62 bits per heavy atom. The van der Waals surface area contributed by atoms with Gasteiger partial charge in [0.1, 0.15) is 5.82 Å². The van der Waals surface area contributed by atoms with Crippen LogP contribution in [0.5, 0.6) is 0 Å². The largest absolute Gasteiger partial charge is 0.373 e. The van der Waals surface area contributed by atoms with Crippen LogP contribution in [0, 0.1) is 17.1 Å². The number of halogens is 1. The molecule has 1 heterocycles. The number of ether oxygens (including phenoxy) is 3. The first-order chi connectivity index (χ1) is 10.2. The zero-order chi connectivity index (χ0) is 14.7. The van der Waals surface area contributed by atoms with Gasteiger partial charge in [-0.25, -0.2) is 4.39 Å². The van der Waals surface area contributed by atoms with Crippen LogP contribution in [0.2, 0.25) is 0 Å². The highest BCUT2D eigenvalue weighted by atomic mass is 19.1. The van der Waals surface area contributed by atoms with Crippen molar-refractivity contribution in [1.29, 1.82) is 5.26 Å². The van der Waals surface area contributed by atoms with Crippen molar-refractivity contribution >= 4 is 0 Å². The Morgan fingerprint density at radius 1 is 1.29 bits per heavy atom. The molecule has 4 nitrogen and oxygen atoms in total. The Bertz CT molecular complexity index is 539. The van der Waals surface area contributed by atoms with Crippen LogP contribution in [0.1, 0.15) is 36.8 Å². The Hall–Kier alpha value is -1.48. The molecule has 1 aromatic carbocycles. The molecule has 1 spiro atoms. The highest BCUT2D eigenvalue weighted by Crippen LogP contribution is 2.36. The predicted octanol–water partition coefficient (Wildman–Crippen LogP) is 2.90. The molecular formula is C16H18FNO3. The molecule has 2 aliphatic rings. The summed E-state index contributed by atoms with van der Waals surface area (Å²) in [4.78, 5) is 0. The summed E-state index contributed by atoms with van der Waals surface area (Å²) in [5, 5.41) is 8.72. The molecule has 0 radical (unpaired) electrons. The van der Waals surface area contributed by atoms with Crippen LogP contribution in [-0.4, -0.2) is 25.1 Å². The van der Waals surface area contributed by atoms with Gasteiger partial charge >= 0.3 is 0 Å². The topological polar surface area (TPSA) is 51.5 Å². The third-order valence-corrected chi connectivity index (χ3v) is 4.16. The second kappa shape index (κ2) is 6.10. The van der Waals surface area contributed by atoms with Gasteiger partial charge in [0, 0.05) is 18.4 Å². The van der Waals surface area contributed by atoms with E-state index in [-0.39, 0.29) is 24.3 Å². The minimum absolute atomic E-state index is 0.110. The monoisotopic (exact) mass is 291 g/mol. The minimum atomic E-state index is -0.389. The Morgan fingerprint density at radius 2 is 2.00 bits per heavy atom. The predicted molar refractivity (Wildman–Crippen MR) is 72.8 cm³/mol. The Kier molecular flexibility index (Phi) is 4.20. The van der Waals surface area contributed by atoms with Crippen LogP contribution >= 0.6 is 0 Å². The van der Waals surface area contributed by atoms with Crippen LogP contribution in [0.3, 0.4) is 0 Å². The maximum absolute atomic E-state index is 13.8. The van der Waals surface area contributed by atoms with Gasteiger partial charge in [-0.05, 0) is 25.0 Å². The first-order valence-corrected chi connectivity index (χ1v) is 7.29. The van der Waals surface area contributed by atoms with Gasteiger partial charge in [0.2, 0.25) is 0 Å². The van der Waals surface area contributed by atoms with E-state index >= 15 is 0 Å². The van der Waals surface area contributed by atoms with Crippen molar-refractivity contribution in [2.24, 2.45) is 0 Å². The zero-order valence-electron chi connectivity index (χ0n) is 11.8. The van der Waals surface area contributed by atoms with Crippen molar-refractivity contribution in [3.05, 3.63) is 35.1 Å². The standard InChI is InChI=1S/C16H18FNO3/c17-15-9-12(10-18)1-2-13(15)11-19-14-3-5-16(6-4-14)20-7-8-21-16/h1-2,9,14H,3-8,11H2. The van der Waals surface area contributed by atoms with E-state index in [1.54, 1.807) is 12.1 Å². The van der Waals surface area contributed by atoms with E-state index < -0.39 is 0 Å². The lowest BCUT2D eigenvalue weighted by Gasteiger charge is -2.35. The Labute approximate surface area is 123 Å². The summed E-state index contributed by atoms with van der Waals surface area (Å²) >= 11 is 0. The van der Waals surface area contributed by atoms with Gasteiger partial charge in [-0.2, -0.15) is 5.26 Å². The lowest BCUT2D eigenvalue weighted by molar-refractivity contribution is -0.192. The normalized spacial score (nSPS) is 21.5. The molecule has 0 unspecified atom stereocenters. The minimum Gasteiger partial charge on any atom is -0.373 e. The highest BCUT2D eigenvalue weighted by molar-refractivity contribution is 5.32. The second-order valence-corrected chi connectivity index (χ2v) is 5.54. The van der Waals surface area contributed by atoms with Gasteiger partial charge in [-0.1, -0.05) is 6.07 Å². The van der Waals surface area contributed by atoms with E-state index in [9.17, 15) is 4.39 Å². The van der Waals surface area contributed by atoms with E-state index in [1.165, 1.54) is 6.07 Å². The van der Waals surface area contributed by atoms with Gasteiger partial charge in [-0.15, -0.1) is 0 Å². The van der Waals surface area contributed by atoms with E-state index in [1.807, 2.05) is 6.07 Å². The number of hydrogen-bond acceptors (Lipinski definition) is 4. The van der Waals surface area contributed by atoms with Crippen molar-refractivity contribution in [1.82, 2.24) is 0 Å². The van der Waals surface area contributed by atoms with E-state index in [0.29, 0.717) is 24.3 Å². The average Bonchev–Trinajstić information content (AvgIpc) is 2.96. The molecule has 3 rings (SSSR count). The fraction of sp³-hybridized carbons (Fsp3) is 0.562. The number of hydrogen-bond donors (Lipinski definition) is 0. The van der Waals surface area contributed by atoms with Crippen LogP contribution in [-0.2, 0) is 20.8 Å². The maximum Gasteiger partial charge on any atom is 0.168 e. The summed E-state index contributed by atoms with van der Waals surface area (Å²) in [6.45, 7) is 1.57. The van der Waals surface area contributed by atoms with Crippen molar-refractivity contribution in [2.45, 2.75) is 44.2 Å².